The molecule has 0 aliphatic heterocycles. The monoisotopic (exact) mass is 262 g/mol. The highest BCUT2D eigenvalue weighted by molar-refractivity contribution is 5.27. The molecule has 1 aliphatic rings. The molecule has 2 N–H and O–H groups in total. The molecule has 2 rings (SSSR count). The minimum absolute atomic E-state index is 0.447. The normalized spacial score (nSPS) is 23.6. The highest BCUT2D eigenvalue weighted by Crippen LogP contribution is 2.24. The quantitative estimate of drug-likeness (QED) is 0.886. The van der Waals surface area contributed by atoms with Crippen molar-refractivity contribution in [2.24, 2.45) is 11.7 Å². The average Bonchev–Trinajstić information content (AvgIpc) is 2.42. The van der Waals surface area contributed by atoms with Gasteiger partial charge in [0, 0.05) is 19.1 Å². The van der Waals surface area contributed by atoms with Crippen molar-refractivity contribution in [2.75, 3.05) is 20.7 Å². The second-order valence-corrected chi connectivity index (χ2v) is 5.83. The van der Waals surface area contributed by atoms with Gasteiger partial charge in [0.2, 0.25) is 0 Å². The minimum atomic E-state index is 0.447. The summed E-state index contributed by atoms with van der Waals surface area (Å²) in [6, 6.07) is 8.80. The maximum Gasteiger partial charge on any atom is 0.118 e. The summed E-state index contributed by atoms with van der Waals surface area (Å²) in [5.74, 6) is 1.75. The fourth-order valence-corrected chi connectivity index (χ4v) is 2.92. The third-order valence-corrected chi connectivity index (χ3v) is 4.07. The Labute approximate surface area is 116 Å². The van der Waals surface area contributed by atoms with Gasteiger partial charge in [-0.1, -0.05) is 12.1 Å². The number of ether oxygens (including phenoxy) is 1. The Kier molecular flexibility index (Phi) is 5.23. The van der Waals surface area contributed by atoms with Gasteiger partial charge < -0.3 is 15.4 Å². The first kappa shape index (κ1) is 14.4. The fraction of sp³-hybridized carbons (Fsp3) is 0.625. The van der Waals surface area contributed by atoms with Gasteiger partial charge in [-0.15, -0.1) is 0 Å². The second-order valence-electron chi connectivity index (χ2n) is 5.83. The lowest BCUT2D eigenvalue weighted by molar-refractivity contribution is 0.219. The molecule has 0 saturated heterocycles. The van der Waals surface area contributed by atoms with Crippen LogP contribution in [-0.4, -0.2) is 31.6 Å². The lowest BCUT2D eigenvalue weighted by Gasteiger charge is -2.29. The third kappa shape index (κ3) is 4.51. The van der Waals surface area contributed by atoms with Gasteiger partial charge in [0.25, 0.3) is 0 Å². The van der Waals surface area contributed by atoms with E-state index in [1.165, 1.54) is 37.8 Å². The molecule has 3 nitrogen and oxygen atoms in total. The molecule has 0 spiro atoms. The maximum atomic E-state index is 5.95. The highest BCUT2D eigenvalue weighted by Gasteiger charge is 2.19. The molecule has 1 saturated carbocycles. The summed E-state index contributed by atoms with van der Waals surface area (Å²) in [5, 5.41) is 0. The summed E-state index contributed by atoms with van der Waals surface area (Å²) in [7, 11) is 3.91. The number of benzene rings is 1. The molecule has 1 aromatic carbocycles. The summed E-state index contributed by atoms with van der Waals surface area (Å²) in [6.45, 7) is 2.19. The molecule has 3 heteroatoms. The Balaban J connectivity index is 1.78. The van der Waals surface area contributed by atoms with Crippen LogP contribution in [0, 0.1) is 5.92 Å². The molecule has 0 aromatic heterocycles. The summed E-state index contributed by atoms with van der Waals surface area (Å²) in [5.41, 5.74) is 7.30. The van der Waals surface area contributed by atoms with Gasteiger partial charge >= 0.3 is 0 Å². The van der Waals surface area contributed by atoms with Crippen LogP contribution in [0.3, 0.4) is 0 Å². The highest BCUT2D eigenvalue weighted by atomic mass is 16.5. The molecule has 0 bridgehead atoms. The average molecular weight is 262 g/mol. The van der Waals surface area contributed by atoms with Crippen molar-refractivity contribution in [3.05, 3.63) is 29.8 Å². The number of hydrogen-bond acceptors (Lipinski definition) is 3. The molecule has 1 aliphatic carbocycles. The van der Waals surface area contributed by atoms with Gasteiger partial charge in [0.15, 0.2) is 0 Å². The number of methoxy groups -OCH3 is 1. The Morgan fingerprint density at radius 3 is 2.37 bits per heavy atom. The molecule has 0 unspecified atom stereocenters. The van der Waals surface area contributed by atoms with E-state index >= 15 is 0 Å². The van der Waals surface area contributed by atoms with E-state index in [2.05, 4.69) is 24.1 Å². The lowest BCUT2D eigenvalue weighted by Crippen LogP contribution is -2.32. The van der Waals surface area contributed by atoms with Crippen LogP contribution in [0.2, 0.25) is 0 Å². The predicted molar refractivity (Wildman–Crippen MR) is 79.3 cm³/mol. The van der Waals surface area contributed by atoms with E-state index in [0.29, 0.717) is 6.04 Å². The van der Waals surface area contributed by atoms with E-state index in [1.54, 1.807) is 7.11 Å². The first-order valence-electron chi connectivity index (χ1n) is 7.24. The van der Waals surface area contributed by atoms with Crippen molar-refractivity contribution in [3.8, 4) is 5.75 Å². The zero-order valence-electron chi connectivity index (χ0n) is 12.1. The first-order valence-corrected chi connectivity index (χ1v) is 7.24. The molecule has 0 atom stereocenters. The standard InChI is InChI=1S/C16H26N2O/c1-18(11-13-3-7-15(17)8-4-13)12-14-5-9-16(19-2)10-6-14/h5-6,9-10,13,15H,3-4,7-8,11-12,17H2,1-2H3. The van der Waals surface area contributed by atoms with E-state index < -0.39 is 0 Å². The number of hydrogen-bond donors (Lipinski definition) is 1. The van der Waals surface area contributed by atoms with Crippen molar-refractivity contribution in [2.45, 2.75) is 38.3 Å². The molecule has 106 valence electrons. The smallest absolute Gasteiger partial charge is 0.118 e. The number of nitrogens with two attached hydrogens (primary N) is 1. The zero-order valence-corrected chi connectivity index (χ0v) is 12.1. The summed E-state index contributed by atoms with van der Waals surface area (Å²) >= 11 is 0. The molecular weight excluding hydrogens is 236 g/mol. The van der Waals surface area contributed by atoms with Crippen LogP contribution in [0.4, 0.5) is 0 Å². The Hall–Kier alpha value is -1.06. The molecule has 1 aromatic rings. The van der Waals surface area contributed by atoms with Gasteiger partial charge in [0.1, 0.15) is 5.75 Å². The molecule has 1 fully saturated rings. The van der Waals surface area contributed by atoms with E-state index in [4.69, 9.17) is 10.5 Å². The minimum Gasteiger partial charge on any atom is -0.497 e. The summed E-state index contributed by atoms with van der Waals surface area (Å²) < 4.78 is 5.18. The lowest BCUT2D eigenvalue weighted by atomic mass is 9.86. The fourth-order valence-electron chi connectivity index (χ4n) is 2.92. The van der Waals surface area contributed by atoms with Crippen molar-refractivity contribution in [3.63, 3.8) is 0 Å². The number of nitrogens with zero attached hydrogens (tertiary/aromatic N) is 1. The van der Waals surface area contributed by atoms with Gasteiger partial charge in [-0.25, -0.2) is 0 Å². The van der Waals surface area contributed by atoms with Crippen LogP contribution in [0.25, 0.3) is 0 Å². The summed E-state index contributed by atoms with van der Waals surface area (Å²) in [4.78, 5) is 2.42. The van der Waals surface area contributed by atoms with Gasteiger partial charge in [-0.3, -0.25) is 0 Å². The Bertz CT molecular complexity index is 369. The Morgan fingerprint density at radius 1 is 1.16 bits per heavy atom. The van der Waals surface area contributed by atoms with E-state index in [9.17, 15) is 0 Å². The maximum absolute atomic E-state index is 5.95. The van der Waals surface area contributed by atoms with Crippen LogP contribution in [0.5, 0.6) is 5.75 Å². The molecule has 0 amide bonds. The van der Waals surface area contributed by atoms with Gasteiger partial charge in [-0.05, 0) is 56.3 Å². The molecular formula is C16H26N2O. The Morgan fingerprint density at radius 2 is 1.79 bits per heavy atom. The topological polar surface area (TPSA) is 38.5 Å². The van der Waals surface area contributed by atoms with Crippen LogP contribution >= 0.6 is 0 Å². The van der Waals surface area contributed by atoms with Crippen LogP contribution < -0.4 is 10.5 Å². The van der Waals surface area contributed by atoms with Crippen molar-refractivity contribution in [1.82, 2.24) is 4.90 Å². The van der Waals surface area contributed by atoms with E-state index in [-0.39, 0.29) is 0 Å². The van der Waals surface area contributed by atoms with Crippen LogP contribution in [0.1, 0.15) is 31.2 Å². The van der Waals surface area contributed by atoms with E-state index in [1.807, 2.05) is 12.1 Å². The SMILES string of the molecule is COc1ccc(CN(C)CC2CCC(N)CC2)cc1. The molecule has 0 radical (unpaired) electrons. The van der Waals surface area contributed by atoms with E-state index in [0.717, 1.165) is 18.2 Å². The second kappa shape index (κ2) is 6.92. The van der Waals surface area contributed by atoms with Crippen molar-refractivity contribution < 1.29 is 4.74 Å². The van der Waals surface area contributed by atoms with Gasteiger partial charge in [0.05, 0.1) is 7.11 Å². The molecule has 0 heterocycles. The third-order valence-electron chi connectivity index (χ3n) is 4.07. The summed E-state index contributed by atoms with van der Waals surface area (Å²) in [6.07, 6.45) is 4.96. The van der Waals surface area contributed by atoms with Crippen LogP contribution in [0.15, 0.2) is 24.3 Å². The van der Waals surface area contributed by atoms with Crippen LogP contribution in [-0.2, 0) is 6.54 Å². The van der Waals surface area contributed by atoms with Crippen molar-refractivity contribution in [1.29, 1.82) is 0 Å². The van der Waals surface area contributed by atoms with Crippen molar-refractivity contribution >= 4 is 0 Å². The predicted octanol–water partition coefficient (Wildman–Crippen LogP) is 2.64. The number of rotatable bonds is 5. The molecule has 19 heavy (non-hydrogen) atoms. The largest absolute Gasteiger partial charge is 0.497 e. The van der Waals surface area contributed by atoms with Gasteiger partial charge in [-0.2, -0.15) is 0 Å². The first-order chi connectivity index (χ1) is 9.17. The zero-order chi connectivity index (χ0) is 13.7.